The summed E-state index contributed by atoms with van der Waals surface area (Å²) in [6.07, 6.45) is 1.14. The third kappa shape index (κ3) is 4.98. The van der Waals surface area contributed by atoms with Crippen molar-refractivity contribution in [1.82, 2.24) is 10.2 Å². The van der Waals surface area contributed by atoms with Crippen molar-refractivity contribution in [3.63, 3.8) is 0 Å². The van der Waals surface area contributed by atoms with Crippen LogP contribution in [0.4, 0.5) is 4.39 Å². The maximum Gasteiger partial charge on any atom is 0.140 e. The van der Waals surface area contributed by atoms with Gasteiger partial charge >= 0.3 is 0 Å². The van der Waals surface area contributed by atoms with Gasteiger partial charge in [-0.25, -0.2) is 4.39 Å². The normalized spacial score (nSPS) is 12.4. The van der Waals surface area contributed by atoms with E-state index in [1.165, 1.54) is 6.07 Å². The lowest BCUT2D eigenvalue weighted by Gasteiger charge is -2.23. The lowest BCUT2D eigenvalue weighted by Crippen LogP contribution is -2.34. The summed E-state index contributed by atoms with van der Waals surface area (Å²) < 4.78 is 13.1. The highest BCUT2D eigenvalue weighted by Crippen LogP contribution is 2.09. The Morgan fingerprint density at radius 2 is 2.21 bits per heavy atom. The van der Waals surface area contributed by atoms with Crippen LogP contribution in [0.5, 0.6) is 0 Å². The van der Waals surface area contributed by atoms with Gasteiger partial charge in [0.15, 0.2) is 0 Å². The quantitative estimate of drug-likeness (QED) is 0.768. The summed E-state index contributed by atoms with van der Waals surface area (Å²) >= 11 is 0. The van der Waals surface area contributed by atoms with E-state index < -0.39 is 5.82 Å². The van der Waals surface area contributed by atoms with Crippen LogP contribution in [0.3, 0.4) is 0 Å². The van der Waals surface area contributed by atoms with Crippen LogP contribution in [-0.2, 0) is 6.54 Å². The molecule has 0 heterocycles. The molecule has 0 amide bonds. The molecule has 0 aromatic heterocycles. The Labute approximate surface area is 115 Å². The number of nitriles is 1. The minimum absolute atomic E-state index is 0.107. The van der Waals surface area contributed by atoms with Crippen molar-refractivity contribution in [1.29, 1.82) is 5.26 Å². The number of nitrogens with zero attached hydrogens (tertiary/aromatic N) is 2. The Kier molecular flexibility index (Phi) is 6.48. The van der Waals surface area contributed by atoms with Crippen LogP contribution < -0.4 is 5.32 Å². The van der Waals surface area contributed by atoms with E-state index in [1.807, 2.05) is 6.07 Å². The number of halogens is 1. The predicted molar refractivity (Wildman–Crippen MR) is 75.2 cm³/mol. The molecule has 4 heteroatoms. The van der Waals surface area contributed by atoms with Gasteiger partial charge in [-0.3, -0.25) is 0 Å². The average Bonchev–Trinajstić information content (AvgIpc) is 2.43. The summed E-state index contributed by atoms with van der Waals surface area (Å²) in [5.41, 5.74) is 1.04. The second kappa shape index (κ2) is 7.88. The van der Waals surface area contributed by atoms with Gasteiger partial charge in [-0.05, 0) is 38.1 Å². The maximum absolute atomic E-state index is 13.1. The lowest BCUT2D eigenvalue weighted by molar-refractivity contribution is 0.251. The first-order valence-corrected chi connectivity index (χ1v) is 6.68. The highest BCUT2D eigenvalue weighted by Gasteiger charge is 2.06. The van der Waals surface area contributed by atoms with Crippen LogP contribution in [0, 0.1) is 17.1 Å². The standard InChI is InChI=1S/C15H22FN3/c1-4-12(2)19(3)8-7-18-11-13-5-6-15(16)14(9-13)10-17/h5-6,9,12,18H,4,7-8,11H2,1-3H3. The van der Waals surface area contributed by atoms with Crippen LogP contribution in [0.2, 0.25) is 0 Å². The molecule has 0 aliphatic carbocycles. The van der Waals surface area contributed by atoms with Crippen molar-refractivity contribution < 1.29 is 4.39 Å². The van der Waals surface area contributed by atoms with E-state index in [9.17, 15) is 4.39 Å². The molecular formula is C15H22FN3. The molecule has 0 fully saturated rings. The summed E-state index contributed by atoms with van der Waals surface area (Å²) in [4.78, 5) is 2.30. The number of likely N-dealkylation sites (N-methyl/N-ethyl adjacent to an activating group) is 1. The van der Waals surface area contributed by atoms with Crippen LogP contribution in [0.1, 0.15) is 31.4 Å². The molecule has 0 aliphatic heterocycles. The Hall–Kier alpha value is -1.44. The molecule has 0 aliphatic rings. The van der Waals surface area contributed by atoms with E-state index in [-0.39, 0.29) is 5.56 Å². The van der Waals surface area contributed by atoms with E-state index in [2.05, 4.69) is 31.1 Å². The first-order valence-electron chi connectivity index (χ1n) is 6.68. The molecule has 1 rings (SSSR count). The highest BCUT2D eigenvalue weighted by molar-refractivity contribution is 5.34. The van der Waals surface area contributed by atoms with Crippen molar-refractivity contribution in [3.05, 3.63) is 35.1 Å². The molecule has 0 radical (unpaired) electrons. The Morgan fingerprint density at radius 3 is 2.84 bits per heavy atom. The van der Waals surface area contributed by atoms with Gasteiger partial charge in [0.1, 0.15) is 11.9 Å². The first-order chi connectivity index (χ1) is 9.08. The molecule has 3 nitrogen and oxygen atoms in total. The van der Waals surface area contributed by atoms with Gasteiger partial charge in [0.25, 0.3) is 0 Å². The molecule has 104 valence electrons. The van der Waals surface area contributed by atoms with Gasteiger partial charge < -0.3 is 10.2 Å². The third-order valence-corrected chi connectivity index (χ3v) is 3.46. The van der Waals surface area contributed by atoms with Gasteiger partial charge in [0.05, 0.1) is 5.56 Å². The monoisotopic (exact) mass is 263 g/mol. The molecule has 1 atom stereocenters. The van der Waals surface area contributed by atoms with Crippen LogP contribution in [0.25, 0.3) is 0 Å². The molecule has 1 N–H and O–H groups in total. The summed E-state index contributed by atoms with van der Waals surface area (Å²) in [5.74, 6) is -0.456. The van der Waals surface area contributed by atoms with Gasteiger partial charge in [-0.1, -0.05) is 13.0 Å². The number of rotatable bonds is 7. The lowest BCUT2D eigenvalue weighted by atomic mass is 10.1. The number of hydrogen-bond acceptors (Lipinski definition) is 3. The predicted octanol–water partition coefficient (Wildman–Crippen LogP) is 2.52. The summed E-state index contributed by atoms with van der Waals surface area (Å²) in [7, 11) is 2.11. The number of hydrogen-bond donors (Lipinski definition) is 1. The fraction of sp³-hybridized carbons (Fsp3) is 0.533. The fourth-order valence-electron chi connectivity index (χ4n) is 1.79. The summed E-state index contributed by atoms with van der Waals surface area (Å²) in [5, 5.41) is 12.1. The second-order valence-corrected chi connectivity index (χ2v) is 4.84. The van der Waals surface area contributed by atoms with Crippen molar-refractivity contribution in [2.75, 3.05) is 20.1 Å². The SMILES string of the molecule is CCC(C)N(C)CCNCc1ccc(F)c(C#N)c1. The van der Waals surface area contributed by atoms with Crippen molar-refractivity contribution in [2.24, 2.45) is 0 Å². The largest absolute Gasteiger partial charge is 0.311 e. The van der Waals surface area contributed by atoms with Crippen molar-refractivity contribution in [2.45, 2.75) is 32.9 Å². The highest BCUT2D eigenvalue weighted by atomic mass is 19.1. The minimum atomic E-state index is -0.456. The topological polar surface area (TPSA) is 39.1 Å². The number of benzene rings is 1. The zero-order chi connectivity index (χ0) is 14.3. The second-order valence-electron chi connectivity index (χ2n) is 4.84. The van der Waals surface area contributed by atoms with Crippen molar-refractivity contribution in [3.8, 4) is 6.07 Å². The molecular weight excluding hydrogens is 241 g/mol. The van der Waals surface area contributed by atoms with Gasteiger partial charge in [0, 0.05) is 25.7 Å². The van der Waals surface area contributed by atoms with E-state index in [4.69, 9.17) is 5.26 Å². The van der Waals surface area contributed by atoms with E-state index in [1.54, 1.807) is 12.1 Å². The molecule has 1 unspecified atom stereocenters. The van der Waals surface area contributed by atoms with Gasteiger partial charge in [-0.2, -0.15) is 5.26 Å². The Bertz CT molecular complexity index is 440. The Morgan fingerprint density at radius 1 is 1.47 bits per heavy atom. The molecule has 1 aromatic carbocycles. The zero-order valence-electron chi connectivity index (χ0n) is 11.9. The van der Waals surface area contributed by atoms with Crippen molar-refractivity contribution >= 4 is 0 Å². The fourth-order valence-corrected chi connectivity index (χ4v) is 1.79. The van der Waals surface area contributed by atoms with Crippen LogP contribution in [0.15, 0.2) is 18.2 Å². The van der Waals surface area contributed by atoms with Gasteiger partial charge in [0.2, 0.25) is 0 Å². The zero-order valence-corrected chi connectivity index (χ0v) is 11.9. The van der Waals surface area contributed by atoms with E-state index in [0.29, 0.717) is 12.6 Å². The smallest absolute Gasteiger partial charge is 0.140 e. The molecule has 0 saturated carbocycles. The molecule has 1 aromatic rings. The molecule has 19 heavy (non-hydrogen) atoms. The van der Waals surface area contributed by atoms with Crippen LogP contribution in [-0.4, -0.2) is 31.1 Å². The Balaban J connectivity index is 2.36. The summed E-state index contributed by atoms with van der Waals surface area (Å²) in [6.45, 7) is 6.89. The average molecular weight is 263 g/mol. The van der Waals surface area contributed by atoms with E-state index in [0.717, 1.165) is 25.1 Å². The first kappa shape index (κ1) is 15.6. The molecule has 0 spiro atoms. The van der Waals surface area contributed by atoms with E-state index >= 15 is 0 Å². The molecule has 0 bridgehead atoms. The minimum Gasteiger partial charge on any atom is -0.311 e. The third-order valence-electron chi connectivity index (χ3n) is 3.46. The molecule has 0 saturated heterocycles. The van der Waals surface area contributed by atoms with Crippen LogP contribution >= 0.6 is 0 Å². The maximum atomic E-state index is 13.1. The number of nitrogens with one attached hydrogen (secondary N) is 1. The summed E-state index contributed by atoms with van der Waals surface area (Å²) in [6, 6.07) is 7.09. The van der Waals surface area contributed by atoms with Gasteiger partial charge in [-0.15, -0.1) is 0 Å².